The van der Waals surface area contributed by atoms with Gasteiger partial charge in [-0.15, -0.1) is 0 Å². The monoisotopic (exact) mass is 403 g/mol. The summed E-state index contributed by atoms with van der Waals surface area (Å²) in [4.78, 5) is 12.8. The van der Waals surface area contributed by atoms with Gasteiger partial charge in [0.25, 0.3) is 0 Å². The third kappa shape index (κ3) is 4.03. The summed E-state index contributed by atoms with van der Waals surface area (Å²) in [5.74, 6) is -0.0791. The molecule has 0 bridgehead atoms. The van der Waals surface area contributed by atoms with E-state index in [-0.39, 0.29) is 5.91 Å². The smallest absolute Gasteiger partial charge is 0.244 e. The number of nitrogens with zero attached hydrogens (tertiary/aromatic N) is 2. The van der Waals surface area contributed by atoms with E-state index in [2.05, 4.69) is 5.32 Å². The van der Waals surface area contributed by atoms with Gasteiger partial charge in [-0.1, -0.05) is 71.8 Å². The Morgan fingerprint density at radius 2 is 1.79 bits per heavy atom. The van der Waals surface area contributed by atoms with E-state index in [1.54, 1.807) is 4.68 Å². The third-order valence-corrected chi connectivity index (χ3v) is 5.28. The van der Waals surface area contributed by atoms with Gasteiger partial charge in [0.2, 0.25) is 5.91 Å². The molecule has 4 aromatic rings. The maximum atomic E-state index is 12.8. The molecular weight excluding hydrogens is 382 g/mol. The van der Waals surface area contributed by atoms with Crippen molar-refractivity contribution in [3.05, 3.63) is 88.9 Å². The molecular formula is C24H22ClN3O. The van der Waals surface area contributed by atoms with Crippen molar-refractivity contribution in [2.45, 2.75) is 26.4 Å². The van der Waals surface area contributed by atoms with E-state index in [4.69, 9.17) is 16.7 Å². The standard InChI is InChI=1S/C24H22ClN3O/c1-16-8-10-18(11-9-16)15-26-24(29)17(2)28-22-13-12-20(25)14-21(22)23(27-28)19-6-4-3-5-7-19/h3-14,17H,15H2,1-2H3,(H,26,29). The second-order valence-corrected chi connectivity index (χ2v) is 7.64. The molecule has 0 saturated carbocycles. The number of fused-ring (bicyclic) bond motifs is 1. The Morgan fingerprint density at radius 3 is 2.52 bits per heavy atom. The van der Waals surface area contributed by atoms with Gasteiger partial charge in [-0.2, -0.15) is 5.10 Å². The van der Waals surface area contributed by atoms with Gasteiger partial charge in [0.15, 0.2) is 0 Å². The number of halogens is 1. The molecule has 4 rings (SSSR count). The van der Waals surface area contributed by atoms with Crippen LogP contribution in [0.2, 0.25) is 5.02 Å². The lowest BCUT2D eigenvalue weighted by Crippen LogP contribution is -2.31. The predicted octanol–water partition coefficient (Wildman–Crippen LogP) is 5.54. The highest BCUT2D eigenvalue weighted by atomic mass is 35.5. The number of aromatic nitrogens is 2. The van der Waals surface area contributed by atoms with E-state index in [9.17, 15) is 4.79 Å². The van der Waals surface area contributed by atoms with E-state index in [0.717, 1.165) is 27.7 Å². The highest BCUT2D eigenvalue weighted by Crippen LogP contribution is 2.31. The molecule has 0 fully saturated rings. The molecule has 29 heavy (non-hydrogen) atoms. The molecule has 5 heteroatoms. The van der Waals surface area contributed by atoms with Gasteiger partial charge in [-0.3, -0.25) is 9.48 Å². The van der Waals surface area contributed by atoms with Gasteiger partial charge in [0.1, 0.15) is 11.7 Å². The molecule has 1 atom stereocenters. The number of aryl methyl sites for hydroxylation is 1. The van der Waals surface area contributed by atoms with Gasteiger partial charge in [0, 0.05) is 22.5 Å². The summed E-state index contributed by atoms with van der Waals surface area (Å²) in [6, 6.07) is 23.3. The van der Waals surface area contributed by atoms with Crippen LogP contribution in [0.3, 0.4) is 0 Å². The first-order valence-corrected chi connectivity index (χ1v) is 9.97. The van der Waals surface area contributed by atoms with E-state index in [0.29, 0.717) is 11.6 Å². The zero-order valence-corrected chi connectivity index (χ0v) is 17.1. The van der Waals surface area contributed by atoms with Crippen LogP contribution in [0.4, 0.5) is 0 Å². The summed E-state index contributed by atoms with van der Waals surface area (Å²) in [6.07, 6.45) is 0. The Balaban J connectivity index is 1.64. The molecule has 1 unspecified atom stereocenters. The molecule has 0 aliphatic rings. The molecule has 1 N–H and O–H groups in total. The van der Waals surface area contributed by atoms with Crippen molar-refractivity contribution in [1.29, 1.82) is 0 Å². The number of benzene rings is 3. The summed E-state index contributed by atoms with van der Waals surface area (Å²) >= 11 is 6.24. The van der Waals surface area contributed by atoms with Gasteiger partial charge < -0.3 is 5.32 Å². The minimum atomic E-state index is -0.457. The summed E-state index contributed by atoms with van der Waals surface area (Å²) in [5.41, 5.74) is 4.96. The Hall–Kier alpha value is -3.11. The van der Waals surface area contributed by atoms with Crippen LogP contribution in [0, 0.1) is 6.92 Å². The van der Waals surface area contributed by atoms with Crippen LogP contribution in [0.25, 0.3) is 22.2 Å². The van der Waals surface area contributed by atoms with Crippen LogP contribution >= 0.6 is 11.6 Å². The first kappa shape index (κ1) is 19.2. The lowest BCUT2D eigenvalue weighted by atomic mass is 10.1. The Bertz CT molecular complexity index is 1150. The van der Waals surface area contributed by atoms with E-state index in [1.807, 2.05) is 86.6 Å². The van der Waals surface area contributed by atoms with Crippen LogP contribution < -0.4 is 5.32 Å². The van der Waals surface area contributed by atoms with Crippen LogP contribution in [0.5, 0.6) is 0 Å². The van der Waals surface area contributed by atoms with Crippen molar-refractivity contribution in [1.82, 2.24) is 15.1 Å². The molecule has 0 saturated heterocycles. The molecule has 1 amide bonds. The van der Waals surface area contributed by atoms with Crippen LogP contribution in [-0.2, 0) is 11.3 Å². The van der Waals surface area contributed by atoms with Crippen LogP contribution in [0.1, 0.15) is 24.1 Å². The molecule has 1 heterocycles. The number of carbonyl (C=O) groups excluding carboxylic acids is 1. The normalized spacial score (nSPS) is 12.1. The lowest BCUT2D eigenvalue weighted by molar-refractivity contribution is -0.124. The molecule has 3 aromatic carbocycles. The zero-order chi connectivity index (χ0) is 20.4. The molecule has 0 spiro atoms. The van der Waals surface area contributed by atoms with Crippen molar-refractivity contribution >= 4 is 28.4 Å². The molecule has 0 aliphatic heterocycles. The zero-order valence-electron chi connectivity index (χ0n) is 16.4. The van der Waals surface area contributed by atoms with Crippen molar-refractivity contribution in [3.63, 3.8) is 0 Å². The summed E-state index contributed by atoms with van der Waals surface area (Å²) in [7, 11) is 0. The summed E-state index contributed by atoms with van der Waals surface area (Å²) < 4.78 is 1.78. The number of carbonyl (C=O) groups is 1. The van der Waals surface area contributed by atoms with E-state index < -0.39 is 6.04 Å². The van der Waals surface area contributed by atoms with Crippen LogP contribution in [0.15, 0.2) is 72.8 Å². The molecule has 146 valence electrons. The fraction of sp³-hybridized carbons (Fsp3) is 0.167. The summed E-state index contributed by atoms with van der Waals surface area (Å²) in [6.45, 7) is 4.39. The van der Waals surface area contributed by atoms with Gasteiger partial charge >= 0.3 is 0 Å². The summed E-state index contributed by atoms with van der Waals surface area (Å²) in [5, 5.41) is 9.38. The van der Waals surface area contributed by atoms with Crippen molar-refractivity contribution in [2.75, 3.05) is 0 Å². The van der Waals surface area contributed by atoms with Crippen molar-refractivity contribution in [2.24, 2.45) is 0 Å². The number of hydrogen-bond donors (Lipinski definition) is 1. The topological polar surface area (TPSA) is 46.9 Å². The number of hydrogen-bond acceptors (Lipinski definition) is 2. The third-order valence-electron chi connectivity index (χ3n) is 5.05. The maximum absolute atomic E-state index is 12.8. The number of nitrogens with one attached hydrogen (secondary N) is 1. The molecule has 0 aliphatic carbocycles. The molecule has 1 aromatic heterocycles. The minimum absolute atomic E-state index is 0.0791. The van der Waals surface area contributed by atoms with Gasteiger partial charge in [-0.05, 0) is 37.6 Å². The van der Waals surface area contributed by atoms with Crippen molar-refractivity contribution in [3.8, 4) is 11.3 Å². The Kier molecular flexibility index (Phi) is 5.36. The van der Waals surface area contributed by atoms with E-state index >= 15 is 0 Å². The quantitative estimate of drug-likeness (QED) is 0.475. The number of rotatable bonds is 5. The first-order valence-electron chi connectivity index (χ1n) is 9.59. The largest absolute Gasteiger partial charge is 0.350 e. The fourth-order valence-corrected chi connectivity index (χ4v) is 3.54. The predicted molar refractivity (Wildman–Crippen MR) is 118 cm³/mol. The first-order chi connectivity index (χ1) is 14.0. The van der Waals surface area contributed by atoms with E-state index in [1.165, 1.54) is 5.56 Å². The second kappa shape index (κ2) is 8.10. The fourth-order valence-electron chi connectivity index (χ4n) is 3.37. The second-order valence-electron chi connectivity index (χ2n) is 7.20. The minimum Gasteiger partial charge on any atom is -0.350 e. The molecule has 4 nitrogen and oxygen atoms in total. The average molecular weight is 404 g/mol. The van der Waals surface area contributed by atoms with Gasteiger partial charge in [0.05, 0.1) is 5.52 Å². The maximum Gasteiger partial charge on any atom is 0.244 e. The van der Waals surface area contributed by atoms with Crippen molar-refractivity contribution < 1.29 is 4.79 Å². The highest BCUT2D eigenvalue weighted by Gasteiger charge is 2.21. The Morgan fingerprint density at radius 1 is 1.07 bits per heavy atom. The molecule has 0 radical (unpaired) electrons. The SMILES string of the molecule is Cc1ccc(CNC(=O)C(C)n2nc(-c3ccccc3)c3cc(Cl)ccc32)cc1. The van der Waals surface area contributed by atoms with Gasteiger partial charge in [-0.25, -0.2) is 0 Å². The number of amides is 1. The lowest BCUT2D eigenvalue weighted by Gasteiger charge is -2.14. The average Bonchev–Trinajstić information content (AvgIpc) is 3.11. The highest BCUT2D eigenvalue weighted by molar-refractivity contribution is 6.31. The van der Waals surface area contributed by atoms with Crippen LogP contribution in [-0.4, -0.2) is 15.7 Å². The Labute approximate surface area is 175 Å².